The number of fused-ring (bicyclic) bond motifs is 3. The Morgan fingerprint density at radius 3 is 2.59 bits per heavy atom. The van der Waals surface area contributed by atoms with Gasteiger partial charge in [-0.3, -0.25) is 9.72 Å². The second-order valence-corrected chi connectivity index (χ2v) is 9.84. The van der Waals surface area contributed by atoms with E-state index >= 15 is 0 Å². The molecule has 0 radical (unpaired) electrons. The average Bonchev–Trinajstić information content (AvgIpc) is 3.42. The Bertz CT molecular complexity index is 1450. The van der Waals surface area contributed by atoms with Crippen molar-refractivity contribution in [2.45, 2.75) is 33.1 Å². The van der Waals surface area contributed by atoms with Gasteiger partial charge in [0.05, 0.1) is 15.9 Å². The maximum Gasteiger partial charge on any atom is 0.324 e. The third-order valence-corrected chi connectivity index (χ3v) is 6.20. The zero-order valence-electron chi connectivity index (χ0n) is 18.3. The van der Waals surface area contributed by atoms with Crippen LogP contribution in [-0.2, 0) is 5.41 Å². The Labute approximate surface area is 192 Å². The summed E-state index contributed by atoms with van der Waals surface area (Å²) in [5.74, 6) is 1.09. The SMILES string of the molecule is Cc1ccc2c(c1)sc1nc(-c3ccc(NC(=O)Nc4cc(C(C)(C)C)on4)cc3)cn12.[HH].[HH]. The summed E-state index contributed by atoms with van der Waals surface area (Å²) in [4.78, 5) is 18.1. The standard InChI is InChI=1S/C24H23N5O2S.2H2/c1-14-5-10-18-19(11-14)32-23-26-17(13-29(18)23)15-6-8-16(9-7-15)25-22(30)27-21-12-20(31-28-21)24(2,3)4;;/h5-13H,1-4H3,(H2,25,27,28,30);2*1H. The average molecular weight is 450 g/mol. The van der Waals surface area contributed by atoms with Crippen molar-refractivity contribution in [3.8, 4) is 11.3 Å². The number of urea groups is 1. The predicted molar refractivity (Wildman–Crippen MR) is 133 cm³/mol. The molecule has 2 aromatic carbocycles. The molecule has 3 heterocycles. The lowest BCUT2D eigenvalue weighted by Crippen LogP contribution is -2.19. The van der Waals surface area contributed by atoms with Crippen LogP contribution in [0, 0.1) is 6.92 Å². The molecule has 0 saturated carbocycles. The molecule has 3 aromatic heterocycles. The van der Waals surface area contributed by atoms with Crippen LogP contribution < -0.4 is 10.6 Å². The molecule has 7 nitrogen and oxygen atoms in total. The van der Waals surface area contributed by atoms with E-state index in [-0.39, 0.29) is 14.3 Å². The molecule has 8 heteroatoms. The maximum atomic E-state index is 12.3. The second-order valence-electron chi connectivity index (χ2n) is 8.83. The van der Waals surface area contributed by atoms with Crippen molar-refractivity contribution >= 4 is 44.1 Å². The summed E-state index contributed by atoms with van der Waals surface area (Å²) in [6, 6.07) is 15.4. The highest BCUT2D eigenvalue weighted by Crippen LogP contribution is 2.30. The fourth-order valence-electron chi connectivity index (χ4n) is 3.44. The lowest BCUT2D eigenvalue weighted by Gasteiger charge is -2.12. The minimum Gasteiger partial charge on any atom is -0.359 e. The predicted octanol–water partition coefficient (Wildman–Crippen LogP) is 6.95. The lowest BCUT2D eigenvalue weighted by molar-refractivity contribution is 0.262. The summed E-state index contributed by atoms with van der Waals surface area (Å²) < 4.78 is 8.65. The molecule has 5 rings (SSSR count). The molecule has 0 atom stereocenters. The Balaban J connectivity index is 0.00000162. The fraction of sp³-hybridized carbons (Fsp3) is 0.208. The normalized spacial score (nSPS) is 11.9. The van der Waals surface area contributed by atoms with Gasteiger partial charge >= 0.3 is 6.03 Å². The van der Waals surface area contributed by atoms with Crippen molar-refractivity contribution in [2.75, 3.05) is 10.6 Å². The van der Waals surface area contributed by atoms with Crippen LogP contribution in [0.1, 0.15) is 34.9 Å². The second kappa shape index (κ2) is 7.49. The molecule has 2 amide bonds. The molecule has 0 aliphatic rings. The molecule has 0 bridgehead atoms. The van der Waals surface area contributed by atoms with Crippen LogP contribution >= 0.6 is 11.3 Å². The van der Waals surface area contributed by atoms with E-state index < -0.39 is 0 Å². The molecule has 0 saturated heterocycles. The van der Waals surface area contributed by atoms with Crippen LogP contribution in [0.4, 0.5) is 16.3 Å². The van der Waals surface area contributed by atoms with E-state index in [1.165, 1.54) is 10.3 Å². The van der Waals surface area contributed by atoms with Gasteiger partial charge in [0.25, 0.3) is 0 Å². The summed E-state index contributed by atoms with van der Waals surface area (Å²) in [7, 11) is 0. The van der Waals surface area contributed by atoms with Crippen LogP contribution in [0.25, 0.3) is 26.4 Å². The minimum absolute atomic E-state index is 0. The minimum atomic E-state index is -0.379. The van der Waals surface area contributed by atoms with Gasteiger partial charge < -0.3 is 9.84 Å². The number of nitrogens with one attached hydrogen (secondary N) is 2. The molecular weight excluding hydrogens is 422 g/mol. The molecule has 5 aromatic rings. The molecule has 0 aliphatic carbocycles. The number of carbonyl (C=O) groups excluding carboxylic acids is 1. The number of benzene rings is 2. The van der Waals surface area contributed by atoms with E-state index in [1.807, 2.05) is 45.0 Å². The lowest BCUT2D eigenvalue weighted by atomic mass is 9.93. The van der Waals surface area contributed by atoms with Crippen LogP contribution in [0.15, 0.2) is 59.3 Å². The summed E-state index contributed by atoms with van der Waals surface area (Å²) in [5, 5.41) is 9.41. The molecule has 0 fully saturated rings. The van der Waals surface area contributed by atoms with Gasteiger partial charge in [0.2, 0.25) is 0 Å². The molecule has 0 spiro atoms. The van der Waals surface area contributed by atoms with Gasteiger partial charge in [0, 0.05) is 31.8 Å². The number of aryl methyl sites for hydroxylation is 1. The first-order valence-corrected chi connectivity index (χ1v) is 11.1. The fourth-order valence-corrected chi connectivity index (χ4v) is 4.54. The van der Waals surface area contributed by atoms with E-state index in [2.05, 4.69) is 51.5 Å². The Hall–Kier alpha value is -3.65. The van der Waals surface area contributed by atoms with Crippen molar-refractivity contribution in [1.82, 2.24) is 14.5 Å². The van der Waals surface area contributed by atoms with Gasteiger partial charge in [-0.15, -0.1) is 0 Å². The van der Waals surface area contributed by atoms with Gasteiger partial charge in [0.15, 0.2) is 10.8 Å². The Morgan fingerprint density at radius 2 is 1.88 bits per heavy atom. The van der Waals surface area contributed by atoms with Gasteiger partial charge in [-0.25, -0.2) is 9.78 Å². The number of aromatic nitrogens is 3. The first-order valence-electron chi connectivity index (χ1n) is 10.3. The molecular formula is C24H27N5O2S. The van der Waals surface area contributed by atoms with Crippen LogP contribution in [0.3, 0.4) is 0 Å². The zero-order chi connectivity index (χ0) is 22.5. The number of rotatable bonds is 3. The summed E-state index contributed by atoms with van der Waals surface area (Å²) in [6.45, 7) is 8.15. The quantitative estimate of drug-likeness (QED) is 0.312. The van der Waals surface area contributed by atoms with Crippen LogP contribution in [-0.4, -0.2) is 20.6 Å². The number of carbonyl (C=O) groups is 1. The highest BCUT2D eigenvalue weighted by Gasteiger charge is 2.20. The summed E-state index contributed by atoms with van der Waals surface area (Å²) in [5.41, 5.74) is 4.78. The largest absolute Gasteiger partial charge is 0.359 e. The number of hydrogen-bond acceptors (Lipinski definition) is 5. The summed E-state index contributed by atoms with van der Waals surface area (Å²) in [6.07, 6.45) is 2.05. The highest BCUT2D eigenvalue weighted by molar-refractivity contribution is 7.23. The first kappa shape index (κ1) is 20.3. The monoisotopic (exact) mass is 449 g/mol. The van der Waals surface area contributed by atoms with Gasteiger partial charge in [-0.05, 0) is 36.8 Å². The van der Waals surface area contributed by atoms with Crippen molar-refractivity contribution < 1.29 is 12.2 Å². The third-order valence-electron chi connectivity index (χ3n) is 5.18. The first-order chi connectivity index (χ1) is 15.3. The van der Waals surface area contributed by atoms with E-state index in [0.29, 0.717) is 17.3 Å². The van der Waals surface area contributed by atoms with Crippen molar-refractivity contribution in [3.05, 3.63) is 66.1 Å². The molecule has 0 unspecified atom stereocenters. The zero-order valence-corrected chi connectivity index (χ0v) is 19.1. The maximum absolute atomic E-state index is 12.3. The number of thiazole rings is 1. The van der Waals surface area contributed by atoms with Crippen LogP contribution in [0.2, 0.25) is 0 Å². The van der Waals surface area contributed by atoms with Crippen molar-refractivity contribution in [1.29, 1.82) is 0 Å². The number of nitrogens with zero attached hydrogens (tertiary/aromatic N) is 3. The van der Waals surface area contributed by atoms with Crippen LogP contribution in [0.5, 0.6) is 0 Å². The highest BCUT2D eigenvalue weighted by atomic mass is 32.1. The van der Waals surface area contributed by atoms with Gasteiger partial charge in [0.1, 0.15) is 5.76 Å². The Morgan fingerprint density at radius 1 is 1.09 bits per heavy atom. The van der Waals surface area contributed by atoms with E-state index in [0.717, 1.165) is 21.7 Å². The summed E-state index contributed by atoms with van der Waals surface area (Å²) >= 11 is 1.68. The van der Waals surface area contributed by atoms with Gasteiger partial charge in [-0.2, -0.15) is 0 Å². The molecule has 32 heavy (non-hydrogen) atoms. The smallest absolute Gasteiger partial charge is 0.324 e. The van der Waals surface area contributed by atoms with Crippen molar-refractivity contribution in [2.24, 2.45) is 0 Å². The third kappa shape index (κ3) is 3.85. The van der Waals surface area contributed by atoms with E-state index in [1.54, 1.807) is 17.4 Å². The topological polar surface area (TPSA) is 84.5 Å². The number of amides is 2. The Kier molecular flexibility index (Phi) is 4.74. The van der Waals surface area contributed by atoms with Gasteiger partial charge in [-0.1, -0.05) is 55.5 Å². The van der Waals surface area contributed by atoms with E-state index in [9.17, 15) is 4.79 Å². The molecule has 2 N–H and O–H groups in total. The van der Waals surface area contributed by atoms with E-state index in [4.69, 9.17) is 9.51 Å². The number of imidazole rings is 1. The molecule has 166 valence electrons. The number of anilines is 2. The molecule has 0 aliphatic heterocycles. The van der Waals surface area contributed by atoms with Crippen molar-refractivity contribution in [3.63, 3.8) is 0 Å². The number of hydrogen-bond donors (Lipinski definition) is 2.